The van der Waals surface area contributed by atoms with Crippen LogP contribution in [0.2, 0.25) is 0 Å². The van der Waals surface area contributed by atoms with Crippen molar-refractivity contribution in [3.8, 4) is 5.75 Å². The van der Waals surface area contributed by atoms with Crippen LogP contribution in [-0.4, -0.2) is 6.10 Å². The number of fused-ring (bicyclic) bond motifs is 1. The first kappa shape index (κ1) is 15.7. The molecule has 0 heterocycles. The molecule has 0 radical (unpaired) electrons. The zero-order chi connectivity index (χ0) is 16.4. The Morgan fingerprint density at radius 2 is 1.62 bits per heavy atom. The van der Waals surface area contributed by atoms with Gasteiger partial charge in [0.15, 0.2) is 0 Å². The predicted octanol–water partition coefficient (Wildman–Crippen LogP) is 6.75. The van der Waals surface area contributed by atoms with E-state index in [1.807, 2.05) is 0 Å². The van der Waals surface area contributed by atoms with Crippen molar-refractivity contribution in [2.75, 3.05) is 0 Å². The summed E-state index contributed by atoms with van der Waals surface area (Å²) in [6.07, 6.45) is 15.7. The maximum Gasteiger partial charge on any atom is 0.120 e. The van der Waals surface area contributed by atoms with Crippen molar-refractivity contribution < 1.29 is 4.74 Å². The van der Waals surface area contributed by atoms with Gasteiger partial charge in [0.1, 0.15) is 5.75 Å². The van der Waals surface area contributed by atoms with Crippen molar-refractivity contribution in [3.05, 3.63) is 48.0 Å². The van der Waals surface area contributed by atoms with E-state index >= 15 is 0 Å². The molecule has 0 saturated heterocycles. The molecule has 1 nitrogen and oxygen atoms in total. The highest BCUT2D eigenvalue weighted by molar-refractivity contribution is 5.86. The molecule has 1 spiro atoms. The first-order valence-electron chi connectivity index (χ1n) is 9.60. The van der Waals surface area contributed by atoms with Crippen LogP contribution >= 0.6 is 0 Å². The van der Waals surface area contributed by atoms with Crippen molar-refractivity contribution >= 4 is 16.8 Å². The Morgan fingerprint density at radius 3 is 2.38 bits per heavy atom. The van der Waals surface area contributed by atoms with Crippen LogP contribution in [0.3, 0.4) is 0 Å². The van der Waals surface area contributed by atoms with Gasteiger partial charge in [0, 0.05) is 0 Å². The van der Waals surface area contributed by atoms with E-state index in [-0.39, 0.29) is 0 Å². The topological polar surface area (TPSA) is 9.23 Å². The number of hydrogen-bond donors (Lipinski definition) is 0. The zero-order valence-electron chi connectivity index (χ0n) is 14.8. The monoisotopic (exact) mass is 320 g/mol. The van der Waals surface area contributed by atoms with Gasteiger partial charge in [-0.25, -0.2) is 0 Å². The van der Waals surface area contributed by atoms with Crippen LogP contribution in [0.15, 0.2) is 42.5 Å². The van der Waals surface area contributed by atoms with Crippen LogP contribution in [0, 0.1) is 5.41 Å². The second-order valence-electron chi connectivity index (χ2n) is 7.79. The van der Waals surface area contributed by atoms with Crippen molar-refractivity contribution in [2.45, 2.75) is 64.4 Å². The summed E-state index contributed by atoms with van der Waals surface area (Å²) in [6, 6.07) is 13.2. The Kier molecular flexibility index (Phi) is 4.35. The number of rotatable bonds is 3. The molecule has 0 bridgehead atoms. The lowest BCUT2D eigenvalue weighted by Gasteiger charge is -2.37. The fraction of sp³-hybridized carbons (Fsp3) is 0.478. The molecule has 2 aromatic rings. The lowest BCUT2D eigenvalue weighted by atomic mass is 9.72. The molecule has 0 N–H and O–H groups in total. The minimum atomic E-state index is 0.413. The molecule has 2 aliphatic rings. The Bertz CT molecular complexity index is 727. The van der Waals surface area contributed by atoms with Gasteiger partial charge in [-0.3, -0.25) is 0 Å². The fourth-order valence-corrected chi connectivity index (χ4v) is 4.75. The first-order chi connectivity index (χ1) is 11.8. The predicted molar refractivity (Wildman–Crippen MR) is 102 cm³/mol. The molecule has 2 saturated carbocycles. The molecular weight excluding hydrogens is 292 g/mol. The highest BCUT2D eigenvalue weighted by Crippen LogP contribution is 2.49. The van der Waals surface area contributed by atoms with Crippen LogP contribution in [0.5, 0.6) is 5.75 Å². The highest BCUT2D eigenvalue weighted by atomic mass is 16.5. The molecule has 2 aliphatic carbocycles. The molecule has 0 aromatic heterocycles. The average Bonchev–Trinajstić information content (AvgIpc) is 3.06. The van der Waals surface area contributed by atoms with Crippen LogP contribution in [0.4, 0.5) is 0 Å². The van der Waals surface area contributed by atoms with Crippen LogP contribution in [0.1, 0.15) is 63.9 Å². The molecule has 24 heavy (non-hydrogen) atoms. The summed E-state index contributed by atoms with van der Waals surface area (Å²) < 4.78 is 6.33. The van der Waals surface area contributed by atoms with Gasteiger partial charge in [-0.15, -0.1) is 0 Å². The quantitative estimate of drug-likeness (QED) is 0.607. The van der Waals surface area contributed by atoms with E-state index in [2.05, 4.69) is 55.5 Å². The summed E-state index contributed by atoms with van der Waals surface area (Å²) in [5.74, 6) is 1.04. The second-order valence-corrected chi connectivity index (χ2v) is 7.79. The van der Waals surface area contributed by atoms with Crippen molar-refractivity contribution in [1.82, 2.24) is 0 Å². The summed E-state index contributed by atoms with van der Waals surface area (Å²) in [6.45, 7) is 2.06. The van der Waals surface area contributed by atoms with E-state index in [4.69, 9.17) is 4.74 Å². The largest absolute Gasteiger partial charge is 0.490 e. The van der Waals surface area contributed by atoms with Gasteiger partial charge in [-0.05, 0) is 85.4 Å². The molecule has 0 atom stereocenters. The van der Waals surface area contributed by atoms with Gasteiger partial charge in [-0.1, -0.05) is 43.2 Å². The average molecular weight is 320 g/mol. The summed E-state index contributed by atoms with van der Waals surface area (Å²) in [7, 11) is 0. The molecule has 4 rings (SSSR count). The van der Waals surface area contributed by atoms with Gasteiger partial charge >= 0.3 is 0 Å². The molecule has 0 aliphatic heterocycles. The smallest absolute Gasteiger partial charge is 0.120 e. The summed E-state index contributed by atoms with van der Waals surface area (Å²) in [5.41, 5.74) is 1.94. The zero-order valence-corrected chi connectivity index (χ0v) is 14.8. The Morgan fingerprint density at radius 1 is 0.917 bits per heavy atom. The minimum Gasteiger partial charge on any atom is -0.490 e. The van der Waals surface area contributed by atoms with E-state index in [9.17, 15) is 0 Å². The standard InChI is InChI=1S/C23H28O/c1-2-5-18-6-7-20-17-22(9-8-19(20)16-18)24-21-10-14-23(15-11-21)12-3-4-13-23/h2,5-9,16-17,21H,3-4,10-15H2,1H3/b5-2+. The summed E-state index contributed by atoms with van der Waals surface area (Å²) >= 11 is 0. The normalized spacial score (nSPS) is 21.0. The van der Waals surface area contributed by atoms with Crippen molar-refractivity contribution in [1.29, 1.82) is 0 Å². The Balaban J connectivity index is 1.44. The van der Waals surface area contributed by atoms with Crippen LogP contribution in [-0.2, 0) is 0 Å². The van der Waals surface area contributed by atoms with Gasteiger partial charge < -0.3 is 4.74 Å². The van der Waals surface area contributed by atoms with E-state index < -0.39 is 0 Å². The van der Waals surface area contributed by atoms with Crippen molar-refractivity contribution in [2.24, 2.45) is 5.41 Å². The van der Waals surface area contributed by atoms with E-state index in [1.54, 1.807) is 0 Å². The Hall–Kier alpha value is -1.76. The number of hydrogen-bond acceptors (Lipinski definition) is 1. The van der Waals surface area contributed by atoms with Gasteiger partial charge in [0.05, 0.1) is 6.10 Å². The third-order valence-corrected chi connectivity index (χ3v) is 6.16. The van der Waals surface area contributed by atoms with E-state index in [0.717, 1.165) is 5.75 Å². The summed E-state index contributed by atoms with van der Waals surface area (Å²) in [4.78, 5) is 0. The van der Waals surface area contributed by atoms with Crippen molar-refractivity contribution in [3.63, 3.8) is 0 Å². The number of ether oxygens (including phenoxy) is 1. The third-order valence-electron chi connectivity index (χ3n) is 6.16. The van der Waals surface area contributed by atoms with Crippen LogP contribution in [0.25, 0.3) is 16.8 Å². The SMILES string of the molecule is C/C=C/c1ccc2cc(OC3CCC4(CCCC4)CC3)ccc2c1. The molecule has 1 heteroatoms. The Labute approximate surface area is 145 Å². The molecule has 0 amide bonds. The molecule has 2 fully saturated rings. The molecule has 0 unspecified atom stereocenters. The second kappa shape index (κ2) is 6.63. The number of benzene rings is 2. The first-order valence-corrected chi connectivity index (χ1v) is 9.60. The molecule has 2 aromatic carbocycles. The number of allylic oxidation sites excluding steroid dienone is 1. The highest BCUT2D eigenvalue weighted by Gasteiger charge is 2.37. The van der Waals surface area contributed by atoms with Gasteiger partial charge in [0.25, 0.3) is 0 Å². The molecule has 126 valence electrons. The van der Waals surface area contributed by atoms with E-state index in [1.165, 1.54) is 67.7 Å². The maximum absolute atomic E-state index is 6.33. The fourth-order valence-electron chi connectivity index (χ4n) is 4.75. The summed E-state index contributed by atoms with van der Waals surface area (Å²) in [5, 5.41) is 2.55. The maximum atomic E-state index is 6.33. The van der Waals surface area contributed by atoms with E-state index in [0.29, 0.717) is 11.5 Å². The molecular formula is C23H28O. The lowest BCUT2D eigenvalue weighted by molar-refractivity contribution is 0.0825. The third kappa shape index (κ3) is 3.22. The lowest BCUT2D eigenvalue weighted by Crippen LogP contribution is -2.30. The minimum absolute atomic E-state index is 0.413. The van der Waals surface area contributed by atoms with Gasteiger partial charge in [0.2, 0.25) is 0 Å². The van der Waals surface area contributed by atoms with Gasteiger partial charge in [-0.2, -0.15) is 0 Å². The van der Waals surface area contributed by atoms with Crippen LogP contribution < -0.4 is 4.74 Å².